The monoisotopic (exact) mass is 433 g/mol. The highest BCUT2D eigenvalue weighted by Gasteiger charge is 2.50. The Balaban J connectivity index is 0.00000218. The first-order chi connectivity index (χ1) is 14.2. The number of halogens is 1. The van der Waals surface area contributed by atoms with E-state index in [9.17, 15) is 5.11 Å². The minimum absolute atomic E-state index is 0. The second kappa shape index (κ2) is 9.90. The Kier molecular flexibility index (Phi) is 7.45. The van der Waals surface area contributed by atoms with Gasteiger partial charge in [0.15, 0.2) is 0 Å². The van der Waals surface area contributed by atoms with Crippen LogP contribution in [-0.2, 0) is 11.2 Å². The maximum absolute atomic E-state index is 10.5. The molecule has 0 aromatic heterocycles. The largest absolute Gasteiger partial charge is 0.389 e. The lowest BCUT2D eigenvalue weighted by molar-refractivity contribution is -0.107. The molecular formula is C26H40ClNO2. The predicted octanol–water partition coefficient (Wildman–Crippen LogP) is 4.96. The van der Waals surface area contributed by atoms with Crippen molar-refractivity contribution in [2.24, 2.45) is 29.1 Å². The highest BCUT2D eigenvalue weighted by atomic mass is 35.5. The maximum Gasteiger partial charge on any atom is 0.0900 e. The van der Waals surface area contributed by atoms with Crippen molar-refractivity contribution in [1.82, 2.24) is 4.90 Å². The quantitative estimate of drug-likeness (QED) is 0.629. The van der Waals surface area contributed by atoms with Crippen LogP contribution in [0.25, 0.3) is 0 Å². The minimum atomic E-state index is -0.338. The van der Waals surface area contributed by atoms with Crippen molar-refractivity contribution in [2.45, 2.75) is 63.9 Å². The van der Waals surface area contributed by atoms with Crippen LogP contribution in [0, 0.1) is 29.1 Å². The zero-order valence-electron chi connectivity index (χ0n) is 18.4. The molecule has 1 saturated heterocycles. The van der Waals surface area contributed by atoms with E-state index >= 15 is 0 Å². The van der Waals surface area contributed by atoms with Gasteiger partial charge in [-0.05, 0) is 106 Å². The van der Waals surface area contributed by atoms with Crippen LogP contribution in [0.4, 0.5) is 0 Å². The highest BCUT2D eigenvalue weighted by Crippen LogP contribution is 2.60. The molecule has 1 unspecified atom stereocenters. The van der Waals surface area contributed by atoms with E-state index in [-0.39, 0.29) is 18.5 Å². The zero-order valence-corrected chi connectivity index (χ0v) is 19.2. The molecule has 5 aliphatic rings. The van der Waals surface area contributed by atoms with E-state index in [0.717, 1.165) is 49.9 Å². The third-order valence-electron chi connectivity index (χ3n) is 8.43. The van der Waals surface area contributed by atoms with Gasteiger partial charge in [-0.3, -0.25) is 0 Å². The van der Waals surface area contributed by atoms with Gasteiger partial charge in [0.25, 0.3) is 0 Å². The van der Waals surface area contributed by atoms with Crippen molar-refractivity contribution >= 4 is 12.4 Å². The van der Waals surface area contributed by atoms with Gasteiger partial charge >= 0.3 is 0 Å². The smallest absolute Gasteiger partial charge is 0.0900 e. The van der Waals surface area contributed by atoms with Crippen molar-refractivity contribution in [2.75, 3.05) is 32.8 Å². The fraction of sp³-hybridized carbons (Fsp3) is 0.769. The summed E-state index contributed by atoms with van der Waals surface area (Å²) in [6.45, 7) is 4.42. The SMILES string of the molecule is Cl.OC(COCC12CC3CC(CC(C3)C1)C2)CN1CCC(Cc2ccccc2)CC1. The number of aliphatic hydroxyl groups excluding tert-OH is 1. The number of benzene rings is 1. The lowest BCUT2D eigenvalue weighted by Gasteiger charge is -2.56. The topological polar surface area (TPSA) is 32.7 Å². The van der Waals surface area contributed by atoms with Gasteiger partial charge in [0.05, 0.1) is 19.3 Å². The number of aliphatic hydroxyl groups is 1. The molecule has 4 heteroatoms. The second-order valence-electron chi connectivity index (χ2n) is 11.0. The molecule has 0 amide bonds. The summed E-state index contributed by atoms with van der Waals surface area (Å²) < 4.78 is 6.15. The standard InChI is InChI=1S/C26H39NO2.ClH/c28-25(17-27-8-6-21(7-9-27)10-20-4-2-1-3-5-20)18-29-19-26-14-22-11-23(15-26)13-24(12-22)16-26;/h1-5,21-25,28H,6-19H2;1H. The number of hydrogen-bond donors (Lipinski definition) is 1. The number of ether oxygens (including phenoxy) is 1. The second-order valence-corrected chi connectivity index (χ2v) is 11.0. The van der Waals surface area contributed by atoms with Crippen LogP contribution in [0.3, 0.4) is 0 Å². The normalized spacial score (nSPS) is 34.6. The summed E-state index contributed by atoms with van der Waals surface area (Å²) in [5.41, 5.74) is 1.92. The van der Waals surface area contributed by atoms with Gasteiger partial charge in [-0.1, -0.05) is 30.3 Å². The van der Waals surface area contributed by atoms with Crippen LogP contribution in [0.2, 0.25) is 0 Å². The molecule has 30 heavy (non-hydrogen) atoms. The van der Waals surface area contributed by atoms with Crippen molar-refractivity contribution in [1.29, 1.82) is 0 Å². The van der Waals surface area contributed by atoms with Crippen molar-refractivity contribution in [3.63, 3.8) is 0 Å². The summed E-state index contributed by atoms with van der Waals surface area (Å²) in [7, 11) is 0. The summed E-state index contributed by atoms with van der Waals surface area (Å²) >= 11 is 0. The molecule has 5 fully saturated rings. The number of likely N-dealkylation sites (tertiary alicyclic amines) is 1. The van der Waals surface area contributed by atoms with Gasteiger partial charge in [-0.2, -0.15) is 0 Å². The average molecular weight is 434 g/mol. The third kappa shape index (κ3) is 5.41. The van der Waals surface area contributed by atoms with E-state index in [1.165, 1.54) is 63.4 Å². The van der Waals surface area contributed by atoms with E-state index in [0.29, 0.717) is 12.0 Å². The molecule has 1 heterocycles. The molecule has 1 N–H and O–H groups in total. The molecule has 1 atom stereocenters. The van der Waals surface area contributed by atoms with E-state index in [1.54, 1.807) is 0 Å². The minimum Gasteiger partial charge on any atom is -0.389 e. The van der Waals surface area contributed by atoms with Crippen LogP contribution in [0.1, 0.15) is 56.9 Å². The molecule has 4 bridgehead atoms. The predicted molar refractivity (Wildman–Crippen MR) is 124 cm³/mol. The van der Waals surface area contributed by atoms with Gasteiger partial charge in [-0.15, -0.1) is 12.4 Å². The van der Waals surface area contributed by atoms with Crippen LogP contribution in [0.15, 0.2) is 30.3 Å². The zero-order chi connectivity index (χ0) is 19.7. The summed E-state index contributed by atoms with van der Waals surface area (Å²) in [5, 5.41) is 10.5. The molecule has 168 valence electrons. The summed E-state index contributed by atoms with van der Waals surface area (Å²) in [6.07, 6.45) is 12.0. The Hall–Kier alpha value is -0.610. The third-order valence-corrected chi connectivity index (χ3v) is 8.43. The molecule has 1 aromatic rings. The molecule has 4 saturated carbocycles. The molecule has 6 rings (SSSR count). The number of β-amino-alcohol motifs (C(OH)–C–C–N with tert-alkyl or cyclic N) is 1. The fourth-order valence-corrected chi connectivity index (χ4v) is 7.55. The maximum atomic E-state index is 10.5. The first kappa shape index (κ1) is 22.6. The Morgan fingerprint density at radius 3 is 2.17 bits per heavy atom. The lowest BCUT2D eigenvalue weighted by atomic mass is 9.50. The Morgan fingerprint density at radius 1 is 0.967 bits per heavy atom. The van der Waals surface area contributed by atoms with Crippen molar-refractivity contribution < 1.29 is 9.84 Å². The summed E-state index contributed by atoms with van der Waals surface area (Å²) in [4.78, 5) is 2.44. The van der Waals surface area contributed by atoms with E-state index in [1.807, 2.05) is 0 Å². The molecule has 1 aliphatic heterocycles. The molecule has 1 aromatic carbocycles. The number of hydrogen-bond acceptors (Lipinski definition) is 3. The van der Waals surface area contributed by atoms with Gasteiger partial charge < -0.3 is 14.7 Å². The average Bonchev–Trinajstić information content (AvgIpc) is 2.69. The van der Waals surface area contributed by atoms with Crippen molar-refractivity contribution in [3.05, 3.63) is 35.9 Å². The Bertz CT molecular complexity index is 623. The first-order valence-electron chi connectivity index (χ1n) is 12.2. The molecular weight excluding hydrogens is 394 g/mol. The van der Waals surface area contributed by atoms with Gasteiger partial charge in [-0.25, -0.2) is 0 Å². The number of nitrogens with zero attached hydrogens (tertiary/aromatic N) is 1. The molecule has 4 aliphatic carbocycles. The van der Waals surface area contributed by atoms with Crippen LogP contribution < -0.4 is 0 Å². The fourth-order valence-electron chi connectivity index (χ4n) is 7.55. The Labute approximate surface area is 189 Å². The van der Waals surface area contributed by atoms with Crippen molar-refractivity contribution in [3.8, 4) is 0 Å². The highest BCUT2D eigenvalue weighted by molar-refractivity contribution is 5.85. The first-order valence-corrected chi connectivity index (χ1v) is 12.2. The lowest BCUT2D eigenvalue weighted by Crippen LogP contribution is -2.48. The summed E-state index contributed by atoms with van der Waals surface area (Å²) in [5.74, 6) is 3.73. The molecule has 0 spiro atoms. The van der Waals surface area contributed by atoms with Crippen LogP contribution >= 0.6 is 12.4 Å². The van der Waals surface area contributed by atoms with Gasteiger partial charge in [0.2, 0.25) is 0 Å². The number of piperidine rings is 1. The van der Waals surface area contributed by atoms with E-state index in [2.05, 4.69) is 35.2 Å². The Morgan fingerprint density at radius 2 is 1.57 bits per heavy atom. The molecule has 0 radical (unpaired) electrons. The summed E-state index contributed by atoms with van der Waals surface area (Å²) in [6, 6.07) is 10.9. The molecule has 3 nitrogen and oxygen atoms in total. The van der Waals surface area contributed by atoms with Crippen LogP contribution in [0.5, 0.6) is 0 Å². The van der Waals surface area contributed by atoms with E-state index in [4.69, 9.17) is 4.74 Å². The van der Waals surface area contributed by atoms with Crippen LogP contribution in [-0.4, -0.2) is 49.0 Å². The van der Waals surface area contributed by atoms with Gasteiger partial charge in [0.1, 0.15) is 0 Å². The van der Waals surface area contributed by atoms with Gasteiger partial charge in [0, 0.05) is 6.54 Å². The number of rotatable bonds is 8. The van der Waals surface area contributed by atoms with E-state index < -0.39 is 0 Å².